The Hall–Kier alpha value is -1.39. The van der Waals surface area contributed by atoms with Crippen LogP contribution in [-0.2, 0) is 23.9 Å². The van der Waals surface area contributed by atoms with Gasteiger partial charge in [-0.15, -0.1) is 0 Å². The lowest BCUT2D eigenvalue weighted by molar-refractivity contribution is -0.193. The minimum Gasteiger partial charge on any atom is -0.469 e. The fourth-order valence-electron chi connectivity index (χ4n) is 8.97. The molecule has 32 heavy (non-hydrogen) atoms. The number of esters is 2. The average Bonchev–Trinajstić information content (AvgIpc) is 3.11. The lowest BCUT2D eigenvalue weighted by atomic mass is 9.43. The summed E-state index contributed by atoms with van der Waals surface area (Å²) < 4.78 is 11.0. The van der Waals surface area contributed by atoms with E-state index in [2.05, 4.69) is 20.8 Å². The van der Waals surface area contributed by atoms with Crippen molar-refractivity contribution in [2.24, 2.45) is 46.3 Å². The molecule has 5 heteroatoms. The maximum Gasteiger partial charge on any atom is 0.305 e. The molecule has 0 N–H and O–H groups in total. The molecule has 0 aromatic rings. The molecule has 4 aliphatic rings. The third-order valence-corrected chi connectivity index (χ3v) is 10.7. The lowest BCUT2D eigenvalue weighted by Gasteiger charge is -2.62. The van der Waals surface area contributed by atoms with Gasteiger partial charge in [-0.25, -0.2) is 0 Å². The van der Waals surface area contributed by atoms with Crippen LogP contribution >= 0.6 is 0 Å². The van der Waals surface area contributed by atoms with Gasteiger partial charge in [-0.2, -0.15) is 0 Å². The maximum atomic E-state index is 12.2. The van der Waals surface area contributed by atoms with Crippen LogP contribution in [0.2, 0.25) is 0 Å². The molecule has 0 aromatic heterocycles. The van der Waals surface area contributed by atoms with E-state index in [1.807, 2.05) is 0 Å². The normalized spacial score (nSPS) is 44.1. The monoisotopic (exact) mass is 446 g/mol. The molecule has 5 nitrogen and oxygen atoms in total. The Balaban J connectivity index is 1.62. The van der Waals surface area contributed by atoms with Crippen LogP contribution in [0.5, 0.6) is 0 Å². The summed E-state index contributed by atoms with van der Waals surface area (Å²) in [5.41, 5.74) is 0.140. The molecule has 0 aromatic carbocycles. The molecular formula is C27H42O5. The fraction of sp³-hybridized carbons (Fsp3) is 0.889. The van der Waals surface area contributed by atoms with Crippen LogP contribution in [0.4, 0.5) is 0 Å². The highest BCUT2D eigenvalue weighted by atomic mass is 16.5. The van der Waals surface area contributed by atoms with Gasteiger partial charge < -0.3 is 9.47 Å². The van der Waals surface area contributed by atoms with Crippen molar-refractivity contribution in [3.8, 4) is 0 Å². The number of carbonyl (C=O) groups is 3. The van der Waals surface area contributed by atoms with Gasteiger partial charge in [0.05, 0.1) is 7.11 Å². The predicted octanol–water partition coefficient (Wildman–Crippen LogP) is 5.35. The first-order valence-corrected chi connectivity index (χ1v) is 12.9. The Labute approximate surface area is 193 Å². The lowest BCUT2D eigenvalue weighted by Crippen LogP contribution is -2.59. The standard InChI is InChI=1S/C27H42O5/c1-16(6-11-25(30)31-5)21-9-10-22-20-8-7-18-14-19(29)12-13-26(18,3)23(20)15-24(27(21,22)4)32-17(2)28/h16,18,20-24H,6-15H2,1-5H3/t16-,18-,20+,21+,22-,23+,24+,26+,27-/m1/s1. The van der Waals surface area contributed by atoms with E-state index in [9.17, 15) is 14.4 Å². The van der Waals surface area contributed by atoms with Crippen molar-refractivity contribution in [1.82, 2.24) is 0 Å². The fourth-order valence-corrected chi connectivity index (χ4v) is 8.97. The van der Waals surface area contributed by atoms with Gasteiger partial charge in [-0.05, 0) is 85.9 Å². The van der Waals surface area contributed by atoms with Crippen LogP contribution in [0.1, 0.15) is 91.9 Å². The second-order valence-corrected chi connectivity index (χ2v) is 11.9. The minimum atomic E-state index is -0.183. The number of Topliss-reactive ketones (excluding diaryl/α,β-unsaturated/α-hetero) is 1. The number of carbonyl (C=O) groups excluding carboxylic acids is 3. The molecule has 180 valence electrons. The van der Waals surface area contributed by atoms with Crippen molar-refractivity contribution < 1.29 is 23.9 Å². The van der Waals surface area contributed by atoms with Gasteiger partial charge in [-0.3, -0.25) is 14.4 Å². The van der Waals surface area contributed by atoms with Crippen molar-refractivity contribution >= 4 is 17.7 Å². The highest BCUT2D eigenvalue weighted by Gasteiger charge is 2.64. The highest BCUT2D eigenvalue weighted by molar-refractivity contribution is 5.79. The zero-order valence-corrected chi connectivity index (χ0v) is 20.7. The number of rotatable bonds is 5. The summed E-state index contributed by atoms with van der Waals surface area (Å²) in [6, 6.07) is 0. The number of hydrogen-bond donors (Lipinski definition) is 0. The van der Waals surface area contributed by atoms with Crippen molar-refractivity contribution in [2.75, 3.05) is 7.11 Å². The van der Waals surface area contributed by atoms with Gasteiger partial charge in [0.15, 0.2) is 0 Å². The number of methoxy groups -OCH3 is 1. The number of ketones is 1. The summed E-state index contributed by atoms with van der Waals surface area (Å²) in [5, 5.41) is 0. The van der Waals surface area contributed by atoms with Gasteiger partial charge in [-0.1, -0.05) is 20.8 Å². The first kappa shape index (κ1) is 23.8. The predicted molar refractivity (Wildman–Crippen MR) is 122 cm³/mol. The summed E-state index contributed by atoms with van der Waals surface area (Å²) in [6.45, 7) is 8.62. The largest absolute Gasteiger partial charge is 0.469 e. The molecule has 9 atom stereocenters. The molecule has 4 rings (SSSR count). The van der Waals surface area contributed by atoms with Crippen LogP contribution < -0.4 is 0 Å². The molecular weight excluding hydrogens is 404 g/mol. The van der Waals surface area contributed by atoms with Crippen molar-refractivity contribution in [2.45, 2.75) is 98.0 Å². The summed E-state index contributed by atoms with van der Waals surface area (Å²) >= 11 is 0. The van der Waals surface area contributed by atoms with E-state index in [1.165, 1.54) is 20.0 Å². The smallest absolute Gasteiger partial charge is 0.305 e. The van der Waals surface area contributed by atoms with E-state index in [0.717, 1.165) is 38.5 Å². The molecule has 4 aliphatic carbocycles. The third kappa shape index (κ3) is 3.81. The highest BCUT2D eigenvalue weighted by Crippen LogP contribution is 2.68. The summed E-state index contributed by atoms with van der Waals surface area (Å²) in [5.74, 6) is 3.16. The van der Waals surface area contributed by atoms with Crippen LogP contribution in [0, 0.1) is 46.3 Å². The van der Waals surface area contributed by atoms with Gasteiger partial charge >= 0.3 is 11.9 Å². The Morgan fingerprint density at radius 2 is 1.88 bits per heavy atom. The Bertz CT molecular complexity index is 761. The van der Waals surface area contributed by atoms with Crippen LogP contribution in [0.25, 0.3) is 0 Å². The topological polar surface area (TPSA) is 69.7 Å². The Kier molecular flexibility index (Phi) is 6.50. The molecule has 0 aliphatic heterocycles. The van der Waals surface area contributed by atoms with Crippen LogP contribution in [-0.4, -0.2) is 30.9 Å². The van der Waals surface area contributed by atoms with E-state index in [4.69, 9.17) is 9.47 Å². The summed E-state index contributed by atoms with van der Waals surface area (Å²) in [7, 11) is 1.45. The quantitative estimate of drug-likeness (QED) is 0.533. The van der Waals surface area contributed by atoms with Gasteiger partial charge in [0.1, 0.15) is 11.9 Å². The first-order chi connectivity index (χ1) is 15.1. The van der Waals surface area contributed by atoms with Crippen LogP contribution in [0.15, 0.2) is 0 Å². The van der Waals surface area contributed by atoms with Crippen LogP contribution in [0.3, 0.4) is 0 Å². The minimum absolute atomic E-state index is 0.0456. The van der Waals surface area contributed by atoms with E-state index < -0.39 is 0 Å². The number of fused-ring (bicyclic) bond motifs is 5. The maximum absolute atomic E-state index is 12.2. The van der Waals surface area contributed by atoms with Crippen molar-refractivity contribution in [1.29, 1.82) is 0 Å². The SMILES string of the molecule is COC(=O)CC[C@@H](C)[C@@H]1CC[C@@H]2[C@@H]3CC[C@@H]4CC(=O)CC[C@]4(C)[C@H]3C[C@H](OC(C)=O)[C@@]21C. The van der Waals surface area contributed by atoms with Crippen molar-refractivity contribution in [3.63, 3.8) is 0 Å². The molecule has 0 heterocycles. The molecule has 4 saturated carbocycles. The molecule has 0 spiro atoms. The van der Waals surface area contributed by atoms with E-state index in [-0.39, 0.29) is 28.9 Å². The second kappa shape index (κ2) is 8.76. The molecule has 0 bridgehead atoms. The zero-order valence-electron chi connectivity index (χ0n) is 20.7. The van der Waals surface area contributed by atoms with Gasteiger partial charge in [0, 0.05) is 31.6 Å². The first-order valence-electron chi connectivity index (χ1n) is 12.9. The number of hydrogen-bond acceptors (Lipinski definition) is 5. The molecule has 0 radical (unpaired) electrons. The van der Waals surface area contributed by atoms with Gasteiger partial charge in [0.2, 0.25) is 0 Å². The molecule has 4 fully saturated rings. The summed E-state index contributed by atoms with van der Waals surface area (Å²) in [6.07, 6.45) is 9.27. The van der Waals surface area contributed by atoms with E-state index in [1.54, 1.807) is 6.92 Å². The third-order valence-electron chi connectivity index (χ3n) is 10.7. The zero-order chi connectivity index (χ0) is 23.3. The Morgan fingerprint density at radius 1 is 1.12 bits per heavy atom. The van der Waals surface area contributed by atoms with Crippen molar-refractivity contribution in [3.05, 3.63) is 0 Å². The average molecular weight is 447 g/mol. The van der Waals surface area contributed by atoms with E-state index >= 15 is 0 Å². The Morgan fingerprint density at radius 3 is 2.56 bits per heavy atom. The molecule has 0 amide bonds. The summed E-state index contributed by atoms with van der Waals surface area (Å²) in [4.78, 5) is 36.2. The number of ether oxygens (including phenoxy) is 2. The molecule has 0 unspecified atom stereocenters. The van der Waals surface area contributed by atoms with E-state index in [0.29, 0.717) is 54.1 Å². The van der Waals surface area contributed by atoms with Gasteiger partial charge in [0.25, 0.3) is 0 Å². The second-order valence-electron chi connectivity index (χ2n) is 11.9. The molecule has 0 saturated heterocycles.